The first-order valence-corrected chi connectivity index (χ1v) is 9.29. The Balaban J connectivity index is 1.53. The van der Waals surface area contributed by atoms with Gasteiger partial charge in [0, 0.05) is 49.8 Å². The topological polar surface area (TPSA) is 86.8 Å². The van der Waals surface area contributed by atoms with Crippen LogP contribution in [0.5, 0.6) is 0 Å². The van der Waals surface area contributed by atoms with Crippen LogP contribution in [0.25, 0.3) is 5.82 Å². The fourth-order valence-corrected chi connectivity index (χ4v) is 3.54. The molecule has 0 N–H and O–H groups in total. The van der Waals surface area contributed by atoms with Gasteiger partial charge in [-0.3, -0.25) is 0 Å². The Bertz CT molecular complexity index is 1040. The molecule has 0 aliphatic carbocycles. The molecular weight excluding hydrogens is 352 g/mol. The van der Waals surface area contributed by atoms with Gasteiger partial charge in [-0.1, -0.05) is 0 Å². The van der Waals surface area contributed by atoms with Crippen LogP contribution in [0.3, 0.4) is 0 Å². The number of aromatic nitrogens is 5. The molecule has 0 aromatic carbocycles. The standard InChI is InChI=1S/C20H22N8/c1-14-10-15(2)28(25-14)20-12-19(23-16(3)24-20)27-8-6-26(7-9-27)18-4-5-22-17(11-18)13-21/h4-5,10-12H,6-9H2,1-3H3. The van der Waals surface area contributed by atoms with Gasteiger partial charge in [0.25, 0.3) is 0 Å². The predicted octanol–water partition coefficient (Wildman–Crippen LogP) is 2.18. The summed E-state index contributed by atoms with van der Waals surface area (Å²) in [5.41, 5.74) is 3.50. The summed E-state index contributed by atoms with van der Waals surface area (Å²) in [7, 11) is 0. The molecule has 3 aromatic heterocycles. The molecule has 4 heterocycles. The number of aryl methyl sites for hydroxylation is 3. The molecule has 0 bridgehead atoms. The maximum atomic E-state index is 9.06. The molecule has 142 valence electrons. The van der Waals surface area contributed by atoms with Gasteiger partial charge in [0.1, 0.15) is 23.4 Å². The molecule has 1 saturated heterocycles. The normalized spacial score (nSPS) is 14.2. The zero-order valence-electron chi connectivity index (χ0n) is 16.3. The minimum absolute atomic E-state index is 0.445. The van der Waals surface area contributed by atoms with Crippen LogP contribution in [0, 0.1) is 32.1 Å². The molecule has 3 aromatic rings. The largest absolute Gasteiger partial charge is 0.368 e. The van der Waals surface area contributed by atoms with E-state index < -0.39 is 0 Å². The molecule has 4 rings (SSSR count). The number of nitrogens with zero attached hydrogens (tertiary/aromatic N) is 8. The Kier molecular flexibility index (Phi) is 4.65. The smallest absolute Gasteiger partial charge is 0.159 e. The average Bonchev–Trinajstić information content (AvgIpc) is 3.06. The quantitative estimate of drug-likeness (QED) is 0.694. The monoisotopic (exact) mass is 374 g/mol. The van der Waals surface area contributed by atoms with Gasteiger partial charge in [0.2, 0.25) is 0 Å². The summed E-state index contributed by atoms with van der Waals surface area (Å²) in [6, 6.07) is 9.94. The molecule has 1 aliphatic rings. The first-order valence-electron chi connectivity index (χ1n) is 9.29. The molecule has 0 unspecified atom stereocenters. The highest BCUT2D eigenvalue weighted by Crippen LogP contribution is 2.21. The summed E-state index contributed by atoms with van der Waals surface area (Å²) in [5, 5.41) is 13.6. The van der Waals surface area contributed by atoms with E-state index in [4.69, 9.17) is 5.26 Å². The van der Waals surface area contributed by atoms with Crippen LogP contribution in [-0.4, -0.2) is 50.9 Å². The second-order valence-corrected chi connectivity index (χ2v) is 6.96. The summed E-state index contributed by atoms with van der Waals surface area (Å²) >= 11 is 0. The molecule has 0 atom stereocenters. The van der Waals surface area contributed by atoms with E-state index in [1.807, 2.05) is 49.7 Å². The Morgan fingerprint density at radius 2 is 1.64 bits per heavy atom. The van der Waals surface area contributed by atoms with Crippen LogP contribution in [0.1, 0.15) is 22.9 Å². The third-order valence-electron chi connectivity index (χ3n) is 4.86. The molecule has 28 heavy (non-hydrogen) atoms. The van der Waals surface area contributed by atoms with E-state index in [1.165, 1.54) is 0 Å². The fourth-order valence-electron chi connectivity index (χ4n) is 3.54. The number of hydrogen-bond acceptors (Lipinski definition) is 7. The number of nitriles is 1. The highest BCUT2D eigenvalue weighted by Gasteiger charge is 2.20. The van der Waals surface area contributed by atoms with Crippen LogP contribution < -0.4 is 9.80 Å². The van der Waals surface area contributed by atoms with Crippen molar-refractivity contribution in [2.75, 3.05) is 36.0 Å². The van der Waals surface area contributed by atoms with E-state index in [2.05, 4.69) is 35.9 Å². The van der Waals surface area contributed by atoms with Gasteiger partial charge in [0.05, 0.1) is 5.69 Å². The van der Waals surface area contributed by atoms with E-state index in [-0.39, 0.29) is 0 Å². The van der Waals surface area contributed by atoms with Gasteiger partial charge < -0.3 is 9.80 Å². The van der Waals surface area contributed by atoms with Gasteiger partial charge in [-0.25, -0.2) is 19.6 Å². The summed E-state index contributed by atoms with van der Waals surface area (Å²) in [4.78, 5) is 17.8. The fraction of sp³-hybridized carbons (Fsp3) is 0.350. The molecule has 0 radical (unpaired) electrons. The zero-order valence-corrected chi connectivity index (χ0v) is 16.3. The number of piperazine rings is 1. The van der Waals surface area contributed by atoms with Crippen LogP contribution in [0.15, 0.2) is 30.5 Å². The minimum atomic E-state index is 0.445. The maximum Gasteiger partial charge on any atom is 0.159 e. The second-order valence-electron chi connectivity index (χ2n) is 6.96. The zero-order chi connectivity index (χ0) is 19.7. The van der Waals surface area contributed by atoms with Gasteiger partial charge in [0.15, 0.2) is 5.82 Å². The van der Waals surface area contributed by atoms with Crippen molar-refractivity contribution >= 4 is 11.5 Å². The number of anilines is 2. The van der Waals surface area contributed by atoms with Crippen LogP contribution >= 0.6 is 0 Å². The van der Waals surface area contributed by atoms with Gasteiger partial charge >= 0.3 is 0 Å². The van der Waals surface area contributed by atoms with Crippen LogP contribution in [0.4, 0.5) is 11.5 Å². The summed E-state index contributed by atoms with van der Waals surface area (Å²) < 4.78 is 1.87. The predicted molar refractivity (Wildman–Crippen MR) is 107 cm³/mol. The van der Waals surface area contributed by atoms with Crippen molar-refractivity contribution in [1.29, 1.82) is 5.26 Å². The summed E-state index contributed by atoms with van der Waals surface area (Å²) in [6.45, 7) is 9.32. The van der Waals surface area contributed by atoms with Crippen molar-refractivity contribution in [1.82, 2.24) is 24.7 Å². The van der Waals surface area contributed by atoms with Crippen molar-refractivity contribution < 1.29 is 0 Å². The Morgan fingerprint density at radius 3 is 2.32 bits per heavy atom. The van der Waals surface area contributed by atoms with Crippen molar-refractivity contribution in [2.24, 2.45) is 0 Å². The average molecular weight is 374 g/mol. The first kappa shape index (κ1) is 17.9. The molecule has 8 nitrogen and oxygen atoms in total. The van der Waals surface area contributed by atoms with Crippen molar-refractivity contribution in [3.8, 4) is 11.9 Å². The highest BCUT2D eigenvalue weighted by atomic mass is 15.3. The first-order chi connectivity index (χ1) is 13.5. The molecule has 0 amide bonds. The van der Waals surface area contributed by atoms with E-state index in [9.17, 15) is 0 Å². The third-order valence-corrected chi connectivity index (χ3v) is 4.86. The Labute approximate surface area is 164 Å². The molecule has 0 spiro atoms. The minimum Gasteiger partial charge on any atom is -0.368 e. The highest BCUT2D eigenvalue weighted by molar-refractivity contribution is 5.52. The van der Waals surface area contributed by atoms with E-state index >= 15 is 0 Å². The lowest BCUT2D eigenvalue weighted by Gasteiger charge is -2.36. The summed E-state index contributed by atoms with van der Waals surface area (Å²) in [6.07, 6.45) is 1.69. The SMILES string of the molecule is Cc1cc(C)n(-c2cc(N3CCN(c4ccnc(C#N)c4)CC3)nc(C)n2)n1. The van der Waals surface area contributed by atoms with E-state index in [1.54, 1.807) is 6.20 Å². The lowest BCUT2D eigenvalue weighted by molar-refractivity contribution is 0.644. The molecular formula is C20H22N8. The number of hydrogen-bond donors (Lipinski definition) is 0. The lowest BCUT2D eigenvalue weighted by Crippen LogP contribution is -2.47. The van der Waals surface area contributed by atoms with Gasteiger partial charge in [-0.15, -0.1) is 0 Å². The molecule has 1 fully saturated rings. The lowest BCUT2D eigenvalue weighted by atomic mass is 10.2. The van der Waals surface area contributed by atoms with E-state index in [0.717, 1.165) is 60.7 Å². The van der Waals surface area contributed by atoms with Crippen LogP contribution in [0.2, 0.25) is 0 Å². The summed E-state index contributed by atoms with van der Waals surface area (Å²) in [5.74, 6) is 2.45. The Hall–Kier alpha value is -3.47. The van der Waals surface area contributed by atoms with Gasteiger partial charge in [-0.2, -0.15) is 10.4 Å². The van der Waals surface area contributed by atoms with Crippen molar-refractivity contribution in [3.63, 3.8) is 0 Å². The second kappa shape index (κ2) is 7.27. The third kappa shape index (κ3) is 3.51. The van der Waals surface area contributed by atoms with E-state index in [0.29, 0.717) is 5.69 Å². The molecule has 1 aliphatic heterocycles. The molecule has 8 heteroatoms. The van der Waals surface area contributed by atoms with Crippen LogP contribution in [-0.2, 0) is 0 Å². The maximum absolute atomic E-state index is 9.06. The Morgan fingerprint density at radius 1 is 0.929 bits per heavy atom. The number of pyridine rings is 1. The number of rotatable bonds is 3. The molecule has 0 saturated carbocycles. The van der Waals surface area contributed by atoms with Crippen molar-refractivity contribution in [2.45, 2.75) is 20.8 Å². The van der Waals surface area contributed by atoms with Crippen molar-refractivity contribution in [3.05, 3.63) is 53.4 Å². The van der Waals surface area contributed by atoms with Gasteiger partial charge in [-0.05, 0) is 39.0 Å².